The summed E-state index contributed by atoms with van der Waals surface area (Å²) in [5.74, 6) is 0.646. The minimum atomic E-state index is 0.591. The van der Waals surface area contributed by atoms with Gasteiger partial charge in [0, 0.05) is 37.8 Å². The van der Waals surface area contributed by atoms with Gasteiger partial charge in [-0.25, -0.2) is 0 Å². The highest BCUT2D eigenvalue weighted by Crippen LogP contribution is 1.90. The molecule has 5 heteroatoms. The van der Waals surface area contributed by atoms with Crippen LogP contribution in [0.15, 0.2) is 0 Å². The number of rotatable bonds is 6. The van der Waals surface area contributed by atoms with Crippen molar-refractivity contribution in [1.82, 2.24) is 9.48 Å². The molecular formula is C6H14Cl2N2O. The van der Waals surface area contributed by atoms with E-state index < -0.39 is 0 Å². The lowest BCUT2D eigenvalue weighted by Crippen LogP contribution is -2.26. The summed E-state index contributed by atoms with van der Waals surface area (Å²) in [4.78, 5) is 7.05. The van der Waals surface area contributed by atoms with Crippen molar-refractivity contribution < 1.29 is 4.84 Å². The molecule has 0 unspecified atom stereocenters. The second kappa shape index (κ2) is 7.13. The Labute approximate surface area is 77.9 Å². The van der Waals surface area contributed by atoms with Gasteiger partial charge in [0.2, 0.25) is 0 Å². The first kappa shape index (κ1) is 11.5. The maximum absolute atomic E-state index is 5.52. The zero-order valence-corrected chi connectivity index (χ0v) is 8.40. The fraction of sp³-hybridized carbons (Fsp3) is 1.00. The molecule has 0 saturated heterocycles. The summed E-state index contributed by atoms with van der Waals surface area (Å²) in [6, 6.07) is 0. The van der Waals surface area contributed by atoms with Gasteiger partial charge in [0.15, 0.2) is 0 Å². The maximum Gasteiger partial charge on any atom is 0.0827 e. The molecule has 0 rings (SSSR count). The van der Waals surface area contributed by atoms with Crippen LogP contribution in [0.2, 0.25) is 0 Å². The SMILES string of the molecule is CN(CCCl)CCON(C)Cl. The van der Waals surface area contributed by atoms with Crippen molar-refractivity contribution in [3.63, 3.8) is 0 Å². The molecule has 0 heterocycles. The average Bonchev–Trinajstić information content (AvgIpc) is 1.87. The highest BCUT2D eigenvalue weighted by molar-refractivity contribution is 6.18. The molecule has 0 atom stereocenters. The van der Waals surface area contributed by atoms with E-state index in [2.05, 4.69) is 4.90 Å². The monoisotopic (exact) mass is 200 g/mol. The Morgan fingerprint density at radius 3 is 2.36 bits per heavy atom. The van der Waals surface area contributed by atoms with E-state index in [0.29, 0.717) is 12.5 Å². The molecule has 0 aliphatic carbocycles. The third-order valence-electron chi connectivity index (χ3n) is 1.21. The second-order valence-corrected chi connectivity index (χ2v) is 3.10. The minimum absolute atomic E-state index is 0.591. The van der Waals surface area contributed by atoms with Crippen LogP contribution in [0.4, 0.5) is 0 Å². The first-order valence-electron chi connectivity index (χ1n) is 3.43. The van der Waals surface area contributed by atoms with Gasteiger partial charge >= 0.3 is 0 Å². The zero-order chi connectivity index (χ0) is 8.69. The highest BCUT2D eigenvalue weighted by Gasteiger charge is 1.97. The lowest BCUT2D eigenvalue weighted by atomic mass is 10.5. The topological polar surface area (TPSA) is 15.7 Å². The van der Waals surface area contributed by atoms with Crippen LogP contribution < -0.4 is 0 Å². The van der Waals surface area contributed by atoms with Crippen molar-refractivity contribution in [3.8, 4) is 0 Å². The van der Waals surface area contributed by atoms with Crippen molar-refractivity contribution in [2.75, 3.05) is 39.7 Å². The van der Waals surface area contributed by atoms with Gasteiger partial charge in [-0.05, 0) is 7.05 Å². The molecule has 11 heavy (non-hydrogen) atoms. The fourth-order valence-corrected chi connectivity index (χ4v) is 0.936. The summed E-state index contributed by atoms with van der Waals surface area (Å²) in [5, 5.41) is 0. The number of halogens is 2. The standard InChI is InChI=1S/C6H14Cl2N2O/c1-9(4-3-7)5-6-11-10(2)8/h3-6H2,1-2H3. The van der Waals surface area contributed by atoms with E-state index in [-0.39, 0.29) is 0 Å². The molecule has 68 valence electrons. The van der Waals surface area contributed by atoms with Crippen molar-refractivity contribution in [2.45, 2.75) is 0 Å². The lowest BCUT2D eigenvalue weighted by molar-refractivity contribution is -0.0689. The van der Waals surface area contributed by atoms with E-state index in [9.17, 15) is 0 Å². The molecule has 0 bridgehead atoms. The third-order valence-corrected chi connectivity index (χ3v) is 1.48. The number of likely N-dealkylation sites (N-methyl/N-ethyl adjacent to an activating group) is 1. The van der Waals surface area contributed by atoms with Crippen LogP contribution in [-0.4, -0.2) is 49.2 Å². The Bertz CT molecular complexity index is 92.7. The lowest BCUT2D eigenvalue weighted by Gasteiger charge is -2.15. The molecule has 0 saturated carbocycles. The second-order valence-electron chi connectivity index (χ2n) is 2.25. The first-order chi connectivity index (χ1) is 5.16. The molecule has 0 aromatic heterocycles. The van der Waals surface area contributed by atoms with E-state index in [1.165, 1.54) is 4.58 Å². The average molecular weight is 201 g/mol. The Morgan fingerprint density at radius 2 is 1.91 bits per heavy atom. The molecule has 0 N–H and O–H groups in total. The van der Waals surface area contributed by atoms with E-state index >= 15 is 0 Å². The molecule has 0 amide bonds. The van der Waals surface area contributed by atoms with Crippen molar-refractivity contribution in [3.05, 3.63) is 0 Å². The number of hydrogen-bond donors (Lipinski definition) is 0. The van der Waals surface area contributed by atoms with Crippen LogP contribution in [0.3, 0.4) is 0 Å². The van der Waals surface area contributed by atoms with Crippen LogP contribution >= 0.6 is 23.4 Å². The molecule has 0 fully saturated rings. The summed E-state index contributed by atoms with van der Waals surface area (Å²) < 4.78 is 1.18. The number of hydrogen-bond acceptors (Lipinski definition) is 3. The van der Waals surface area contributed by atoms with Gasteiger partial charge in [-0.1, -0.05) is 0 Å². The van der Waals surface area contributed by atoms with E-state index in [1.54, 1.807) is 7.05 Å². The van der Waals surface area contributed by atoms with Gasteiger partial charge in [-0.3, -0.25) is 4.84 Å². The summed E-state index contributed by atoms with van der Waals surface area (Å²) in [7, 11) is 3.63. The van der Waals surface area contributed by atoms with Crippen molar-refractivity contribution in [2.24, 2.45) is 0 Å². The van der Waals surface area contributed by atoms with Gasteiger partial charge in [0.1, 0.15) is 0 Å². The molecular weight excluding hydrogens is 187 g/mol. The van der Waals surface area contributed by atoms with Gasteiger partial charge in [-0.15, -0.1) is 16.2 Å². The Balaban J connectivity index is 3.10. The largest absolute Gasteiger partial charge is 0.303 e. The Kier molecular flexibility index (Phi) is 7.43. The maximum atomic E-state index is 5.52. The fourth-order valence-electron chi connectivity index (χ4n) is 0.579. The van der Waals surface area contributed by atoms with Gasteiger partial charge in [-0.2, -0.15) is 0 Å². The van der Waals surface area contributed by atoms with Crippen molar-refractivity contribution in [1.29, 1.82) is 0 Å². The van der Waals surface area contributed by atoms with Crippen LogP contribution in [0.25, 0.3) is 0 Å². The number of hydroxylamine groups is 1. The number of alkyl halides is 1. The first-order valence-corrected chi connectivity index (χ1v) is 4.31. The van der Waals surface area contributed by atoms with Gasteiger partial charge in [0.05, 0.1) is 6.61 Å². The van der Waals surface area contributed by atoms with Gasteiger partial charge < -0.3 is 4.90 Å². The zero-order valence-electron chi connectivity index (χ0n) is 6.89. The third kappa shape index (κ3) is 8.37. The molecule has 0 radical (unpaired) electrons. The summed E-state index contributed by atoms with van der Waals surface area (Å²) >= 11 is 10.9. The highest BCUT2D eigenvalue weighted by atomic mass is 35.5. The molecule has 3 nitrogen and oxygen atoms in total. The van der Waals surface area contributed by atoms with Crippen molar-refractivity contribution >= 4 is 23.4 Å². The Morgan fingerprint density at radius 1 is 1.27 bits per heavy atom. The molecule has 0 aromatic carbocycles. The van der Waals surface area contributed by atoms with Gasteiger partial charge in [0.25, 0.3) is 0 Å². The predicted molar refractivity (Wildman–Crippen MR) is 47.8 cm³/mol. The summed E-state index contributed by atoms with van der Waals surface area (Å²) in [5.41, 5.74) is 0. The molecule has 0 aliphatic heterocycles. The van der Waals surface area contributed by atoms with Crippen LogP contribution in [-0.2, 0) is 4.84 Å². The predicted octanol–water partition coefficient (Wildman–Crippen LogP) is 1.17. The van der Waals surface area contributed by atoms with Crippen LogP contribution in [0, 0.1) is 0 Å². The normalized spacial score (nSPS) is 11.5. The quantitative estimate of drug-likeness (QED) is 0.364. The van der Waals surface area contributed by atoms with E-state index in [0.717, 1.165) is 13.1 Å². The minimum Gasteiger partial charge on any atom is -0.303 e. The van der Waals surface area contributed by atoms with Crippen LogP contribution in [0.5, 0.6) is 0 Å². The summed E-state index contributed by atoms with van der Waals surface area (Å²) in [6.07, 6.45) is 0. The Hall–Kier alpha value is 0.460. The molecule has 0 aromatic rings. The molecule has 0 aliphatic rings. The van der Waals surface area contributed by atoms with E-state index in [4.69, 9.17) is 28.2 Å². The smallest absolute Gasteiger partial charge is 0.0827 e. The van der Waals surface area contributed by atoms with Crippen LogP contribution in [0.1, 0.15) is 0 Å². The van der Waals surface area contributed by atoms with E-state index in [1.807, 2.05) is 7.05 Å². The number of nitrogens with zero attached hydrogens (tertiary/aromatic N) is 2. The summed E-state index contributed by atoms with van der Waals surface area (Å²) in [6.45, 7) is 2.30. The molecule has 0 spiro atoms.